The first kappa shape index (κ1) is 13.9. The Balaban J connectivity index is 2.47. The fourth-order valence-corrected chi connectivity index (χ4v) is 2.02. The highest BCUT2D eigenvalue weighted by Gasteiger charge is 2.29. The summed E-state index contributed by atoms with van der Waals surface area (Å²) < 4.78 is 0. The van der Waals surface area contributed by atoms with Crippen LogP contribution in [0.25, 0.3) is 0 Å². The zero-order valence-corrected chi connectivity index (χ0v) is 10.9. The molecule has 96 valence electrons. The Kier molecular flexibility index (Phi) is 4.49. The Morgan fingerprint density at radius 3 is 2.29 bits per heavy atom. The summed E-state index contributed by atoms with van der Waals surface area (Å²) in [4.78, 5) is 16.0. The SMILES string of the molecule is CC(C)(C)N1CCN(C(=O)[C@@H](N)CC#N)CC1. The third kappa shape index (κ3) is 3.69. The summed E-state index contributed by atoms with van der Waals surface area (Å²) in [5.74, 6) is -0.0971. The number of hydrogen-bond acceptors (Lipinski definition) is 4. The largest absolute Gasteiger partial charge is 0.339 e. The zero-order valence-electron chi connectivity index (χ0n) is 10.9. The molecule has 17 heavy (non-hydrogen) atoms. The van der Waals surface area contributed by atoms with Gasteiger partial charge in [-0.05, 0) is 20.8 Å². The number of nitrogens with zero attached hydrogens (tertiary/aromatic N) is 3. The van der Waals surface area contributed by atoms with Crippen molar-refractivity contribution in [2.24, 2.45) is 5.73 Å². The molecular formula is C12H22N4O. The van der Waals surface area contributed by atoms with E-state index in [1.54, 1.807) is 4.90 Å². The molecule has 1 heterocycles. The summed E-state index contributed by atoms with van der Waals surface area (Å²) in [7, 11) is 0. The van der Waals surface area contributed by atoms with Crippen molar-refractivity contribution in [3.63, 3.8) is 0 Å². The van der Waals surface area contributed by atoms with Crippen LogP contribution < -0.4 is 5.73 Å². The average molecular weight is 238 g/mol. The first-order chi connectivity index (χ1) is 7.86. The normalized spacial score (nSPS) is 19.8. The second kappa shape index (κ2) is 5.48. The molecule has 0 unspecified atom stereocenters. The lowest BCUT2D eigenvalue weighted by atomic mass is 10.0. The minimum Gasteiger partial charge on any atom is -0.339 e. The number of carbonyl (C=O) groups excluding carboxylic acids is 1. The molecule has 1 amide bonds. The van der Waals surface area contributed by atoms with E-state index in [-0.39, 0.29) is 17.9 Å². The molecular weight excluding hydrogens is 216 g/mol. The predicted molar refractivity (Wildman–Crippen MR) is 66.1 cm³/mol. The van der Waals surface area contributed by atoms with Crippen molar-refractivity contribution in [2.45, 2.75) is 38.8 Å². The zero-order chi connectivity index (χ0) is 13.1. The third-order valence-corrected chi connectivity index (χ3v) is 3.17. The average Bonchev–Trinajstić information content (AvgIpc) is 2.27. The molecule has 0 bridgehead atoms. The van der Waals surface area contributed by atoms with E-state index in [1.165, 1.54) is 0 Å². The number of carbonyl (C=O) groups is 1. The highest BCUT2D eigenvalue weighted by Crippen LogP contribution is 2.16. The molecule has 1 atom stereocenters. The number of amides is 1. The number of piperazine rings is 1. The van der Waals surface area contributed by atoms with Crippen LogP contribution in [0.1, 0.15) is 27.2 Å². The Bertz CT molecular complexity index is 307. The van der Waals surface area contributed by atoms with Gasteiger partial charge in [0, 0.05) is 31.7 Å². The van der Waals surface area contributed by atoms with Gasteiger partial charge in [0.05, 0.1) is 18.5 Å². The Morgan fingerprint density at radius 1 is 1.35 bits per heavy atom. The molecule has 0 aromatic carbocycles. The quantitative estimate of drug-likeness (QED) is 0.744. The Morgan fingerprint density at radius 2 is 1.88 bits per heavy atom. The molecule has 1 aliphatic rings. The van der Waals surface area contributed by atoms with E-state index in [9.17, 15) is 4.79 Å². The number of nitriles is 1. The molecule has 1 fully saturated rings. The summed E-state index contributed by atoms with van der Waals surface area (Å²) in [5, 5.41) is 8.52. The third-order valence-electron chi connectivity index (χ3n) is 3.17. The van der Waals surface area contributed by atoms with Gasteiger partial charge in [-0.15, -0.1) is 0 Å². The van der Waals surface area contributed by atoms with Crippen molar-refractivity contribution in [2.75, 3.05) is 26.2 Å². The summed E-state index contributed by atoms with van der Waals surface area (Å²) in [6.07, 6.45) is 0.0956. The van der Waals surface area contributed by atoms with Crippen molar-refractivity contribution in [3.05, 3.63) is 0 Å². The predicted octanol–water partition coefficient (Wildman–Crippen LogP) is 0.170. The second-order valence-electron chi connectivity index (χ2n) is 5.45. The maximum atomic E-state index is 11.9. The smallest absolute Gasteiger partial charge is 0.240 e. The minimum atomic E-state index is -0.666. The summed E-state index contributed by atoms with van der Waals surface area (Å²) in [6.45, 7) is 9.66. The standard InChI is InChI=1S/C12H22N4O/c1-12(2,3)16-8-6-15(7-9-16)11(17)10(14)4-5-13/h10H,4,6-9,14H2,1-3H3/t10-/m0/s1. The van der Waals surface area contributed by atoms with Gasteiger partial charge in [0.25, 0.3) is 0 Å². The number of hydrogen-bond donors (Lipinski definition) is 1. The molecule has 0 radical (unpaired) electrons. The fraction of sp³-hybridized carbons (Fsp3) is 0.833. The molecule has 5 nitrogen and oxygen atoms in total. The van der Waals surface area contributed by atoms with Crippen LogP contribution in [0.5, 0.6) is 0 Å². The lowest BCUT2D eigenvalue weighted by Crippen LogP contribution is -2.57. The van der Waals surface area contributed by atoms with Crippen LogP contribution in [0, 0.1) is 11.3 Å². The van der Waals surface area contributed by atoms with Gasteiger partial charge < -0.3 is 10.6 Å². The molecule has 0 aromatic heterocycles. The number of rotatable bonds is 2. The molecule has 1 saturated heterocycles. The van der Waals surface area contributed by atoms with E-state index in [0.29, 0.717) is 13.1 Å². The fourth-order valence-electron chi connectivity index (χ4n) is 2.02. The maximum absolute atomic E-state index is 11.9. The van der Waals surface area contributed by atoms with Crippen molar-refractivity contribution >= 4 is 5.91 Å². The van der Waals surface area contributed by atoms with Crippen molar-refractivity contribution in [1.82, 2.24) is 9.80 Å². The summed E-state index contributed by atoms with van der Waals surface area (Å²) in [5.41, 5.74) is 5.79. The van der Waals surface area contributed by atoms with Gasteiger partial charge in [0.2, 0.25) is 5.91 Å². The van der Waals surface area contributed by atoms with Gasteiger partial charge in [-0.25, -0.2) is 0 Å². The van der Waals surface area contributed by atoms with Gasteiger partial charge in [-0.3, -0.25) is 9.69 Å². The highest BCUT2D eigenvalue weighted by molar-refractivity contribution is 5.82. The molecule has 2 N–H and O–H groups in total. The molecule has 1 aliphatic heterocycles. The van der Waals surface area contributed by atoms with Gasteiger partial charge in [-0.2, -0.15) is 5.26 Å². The van der Waals surface area contributed by atoms with E-state index in [0.717, 1.165) is 13.1 Å². The summed E-state index contributed by atoms with van der Waals surface area (Å²) in [6, 6.07) is 1.27. The van der Waals surface area contributed by atoms with Crippen LogP contribution in [0.3, 0.4) is 0 Å². The lowest BCUT2D eigenvalue weighted by Gasteiger charge is -2.42. The van der Waals surface area contributed by atoms with E-state index in [2.05, 4.69) is 25.7 Å². The molecule has 1 rings (SSSR count). The van der Waals surface area contributed by atoms with E-state index < -0.39 is 6.04 Å². The maximum Gasteiger partial charge on any atom is 0.240 e. The number of nitrogens with two attached hydrogens (primary N) is 1. The first-order valence-electron chi connectivity index (χ1n) is 6.02. The molecule has 0 aliphatic carbocycles. The summed E-state index contributed by atoms with van der Waals surface area (Å²) >= 11 is 0. The van der Waals surface area contributed by atoms with Crippen LogP contribution >= 0.6 is 0 Å². The van der Waals surface area contributed by atoms with Crippen LogP contribution in [0.2, 0.25) is 0 Å². The minimum absolute atomic E-state index is 0.0956. The van der Waals surface area contributed by atoms with Crippen molar-refractivity contribution in [1.29, 1.82) is 5.26 Å². The van der Waals surface area contributed by atoms with E-state index in [4.69, 9.17) is 11.0 Å². The molecule has 0 aromatic rings. The van der Waals surface area contributed by atoms with Crippen LogP contribution in [0.15, 0.2) is 0 Å². The van der Waals surface area contributed by atoms with E-state index in [1.807, 2.05) is 6.07 Å². The van der Waals surface area contributed by atoms with E-state index >= 15 is 0 Å². The Labute approximate surface area is 103 Å². The second-order valence-corrected chi connectivity index (χ2v) is 5.45. The van der Waals surface area contributed by atoms with Crippen LogP contribution in [-0.2, 0) is 4.79 Å². The monoisotopic (exact) mass is 238 g/mol. The lowest BCUT2D eigenvalue weighted by molar-refractivity contribution is -0.135. The van der Waals surface area contributed by atoms with Crippen LogP contribution in [-0.4, -0.2) is 53.5 Å². The molecule has 5 heteroatoms. The van der Waals surface area contributed by atoms with Gasteiger partial charge in [0.15, 0.2) is 0 Å². The topological polar surface area (TPSA) is 73.4 Å². The molecule has 0 saturated carbocycles. The van der Waals surface area contributed by atoms with Gasteiger partial charge >= 0.3 is 0 Å². The highest BCUT2D eigenvalue weighted by atomic mass is 16.2. The Hall–Kier alpha value is -1.12. The van der Waals surface area contributed by atoms with Gasteiger partial charge in [-0.1, -0.05) is 0 Å². The van der Waals surface area contributed by atoms with Crippen LogP contribution in [0.4, 0.5) is 0 Å². The van der Waals surface area contributed by atoms with Crippen molar-refractivity contribution in [3.8, 4) is 6.07 Å². The molecule has 0 spiro atoms. The first-order valence-corrected chi connectivity index (χ1v) is 6.02. The van der Waals surface area contributed by atoms with Gasteiger partial charge in [0.1, 0.15) is 0 Å². The van der Waals surface area contributed by atoms with Crippen molar-refractivity contribution < 1.29 is 4.79 Å².